The van der Waals surface area contributed by atoms with E-state index in [1.165, 1.54) is 36.2 Å². The SMILES string of the molecule is Cc1ccc(CNC(=O)[C@@H](c2ccccc2)N(Cc2ccc(F)cc2)C(=O)CN(C)S(C)(=O)=O)cc1. The number of carbonyl (C=O) groups excluding carboxylic acids is 2. The first-order valence-electron chi connectivity index (χ1n) is 11.4. The van der Waals surface area contributed by atoms with E-state index in [9.17, 15) is 22.4 Å². The van der Waals surface area contributed by atoms with Gasteiger partial charge in [-0.15, -0.1) is 0 Å². The van der Waals surface area contributed by atoms with Crippen molar-refractivity contribution < 1.29 is 22.4 Å². The normalized spacial score (nSPS) is 12.2. The molecule has 7 nitrogen and oxygen atoms in total. The first kappa shape index (κ1) is 27.0. The van der Waals surface area contributed by atoms with Gasteiger partial charge in [0.15, 0.2) is 0 Å². The van der Waals surface area contributed by atoms with Crippen LogP contribution in [0.3, 0.4) is 0 Å². The zero-order valence-corrected chi connectivity index (χ0v) is 21.3. The zero-order valence-electron chi connectivity index (χ0n) is 20.5. The number of benzene rings is 3. The predicted molar refractivity (Wildman–Crippen MR) is 137 cm³/mol. The minimum atomic E-state index is -3.63. The Hall–Kier alpha value is -3.56. The number of carbonyl (C=O) groups is 2. The molecule has 0 heterocycles. The summed E-state index contributed by atoms with van der Waals surface area (Å²) >= 11 is 0. The Labute approximate surface area is 211 Å². The molecule has 0 radical (unpaired) electrons. The Morgan fingerprint density at radius 3 is 2.08 bits per heavy atom. The molecule has 3 rings (SSSR count). The molecule has 0 unspecified atom stereocenters. The Morgan fingerprint density at radius 2 is 1.50 bits per heavy atom. The molecule has 190 valence electrons. The van der Waals surface area contributed by atoms with Crippen LogP contribution in [-0.2, 0) is 32.7 Å². The molecule has 3 aromatic rings. The molecular formula is C27H30FN3O4S. The molecule has 0 bridgehead atoms. The highest BCUT2D eigenvalue weighted by Gasteiger charge is 2.32. The van der Waals surface area contributed by atoms with Crippen LogP contribution in [0.5, 0.6) is 0 Å². The van der Waals surface area contributed by atoms with Gasteiger partial charge in [0.05, 0.1) is 12.8 Å². The number of amides is 2. The smallest absolute Gasteiger partial charge is 0.247 e. The predicted octanol–water partition coefficient (Wildman–Crippen LogP) is 3.41. The molecule has 0 saturated heterocycles. The fourth-order valence-corrected chi connectivity index (χ4v) is 3.95. The van der Waals surface area contributed by atoms with Crippen molar-refractivity contribution in [1.82, 2.24) is 14.5 Å². The lowest BCUT2D eigenvalue weighted by Gasteiger charge is -2.32. The van der Waals surface area contributed by atoms with Gasteiger partial charge < -0.3 is 10.2 Å². The Kier molecular flexibility index (Phi) is 8.95. The van der Waals surface area contributed by atoms with Crippen molar-refractivity contribution in [1.29, 1.82) is 0 Å². The van der Waals surface area contributed by atoms with Gasteiger partial charge in [0.25, 0.3) is 0 Å². The minimum absolute atomic E-state index is 0.0196. The van der Waals surface area contributed by atoms with E-state index in [0.29, 0.717) is 11.1 Å². The Balaban J connectivity index is 1.96. The van der Waals surface area contributed by atoms with Crippen LogP contribution in [0, 0.1) is 12.7 Å². The number of sulfonamides is 1. The molecule has 0 aromatic heterocycles. The summed E-state index contributed by atoms with van der Waals surface area (Å²) in [4.78, 5) is 28.4. The topological polar surface area (TPSA) is 86.8 Å². The molecule has 0 aliphatic heterocycles. The lowest BCUT2D eigenvalue weighted by molar-refractivity contribution is -0.141. The second-order valence-electron chi connectivity index (χ2n) is 8.68. The van der Waals surface area contributed by atoms with Gasteiger partial charge in [0.1, 0.15) is 11.9 Å². The average Bonchev–Trinajstić information content (AvgIpc) is 2.84. The summed E-state index contributed by atoms with van der Waals surface area (Å²) in [5, 5.41) is 2.91. The lowest BCUT2D eigenvalue weighted by atomic mass is 10.0. The fourth-order valence-electron chi connectivity index (χ4n) is 3.61. The Morgan fingerprint density at radius 1 is 0.917 bits per heavy atom. The van der Waals surface area contributed by atoms with Crippen molar-refractivity contribution in [3.63, 3.8) is 0 Å². The van der Waals surface area contributed by atoms with Crippen molar-refractivity contribution in [3.8, 4) is 0 Å². The molecule has 1 atom stereocenters. The number of nitrogens with zero attached hydrogens (tertiary/aromatic N) is 2. The van der Waals surface area contributed by atoms with Gasteiger partial charge in [-0.05, 0) is 35.7 Å². The first-order chi connectivity index (χ1) is 17.0. The zero-order chi connectivity index (χ0) is 26.3. The maximum atomic E-state index is 13.6. The summed E-state index contributed by atoms with van der Waals surface area (Å²) < 4.78 is 38.4. The van der Waals surface area contributed by atoms with Crippen LogP contribution < -0.4 is 5.32 Å². The molecule has 3 aromatic carbocycles. The van der Waals surface area contributed by atoms with E-state index in [1.807, 2.05) is 31.2 Å². The number of likely N-dealkylation sites (N-methyl/N-ethyl adjacent to an activating group) is 1. The van der Waals surface area contributed by atoms with Gasteiger partial charge in [-0.25, -0.2) is 12.8 Å². The van der Waals surface area contributed by atoms with Crippen molar-refractivity contribution in [2.75, 3.05) is 19.8 Å². The van der Waals surface area contributed by atoms with E-state index in [0.717, 1.165) is 21.7 Å². The van der Waals surface area contributed by atoms with Crippen molar-refractivity contribution >= 4 is 21.8 Å². The van der Waals surface area contributed by atoms with Crippen molar-refractivity contribution in [2.45, 2.75) is 26.1 Å². The van der Waals surface area contributed by atoms with Gasteiger partial charge in [-0.1, -0.05) is 72.3 Å². The van der Waals surface area contributed by atoms with Gasteiger partial charge in [-0.2, -0.15) is 4.31 Å². The number of halogens is 1. The summed E-state index contributed by atoms with van der Waals surface area (Å²) in [5.74, 6) is -1.41. The summed E-state index contributed by atoms with van der Waals surface area (Å²) in [6, 6.07) is 21.1. The third-order valence-electron chi connectivity index (χ3n) is 5.77. The number of nitrogens with one attached hydrogen (secondary N) is 1. The average molecular weight is 512 g/mol. The molecular weight excluding hydrogens is 481 g/mol. The Bertz CT molecular complexity index is 1280. The van der Waals surface area contributed by atoms with Crippen LogP contribution in [0.25, 0.3) is 0 Å². The highest BCUT2D eigenvalue weighted by atomic mass is 32.2. The van der Waals surface area contributed by atoms with Crippen LogP contribution in [-0.4, -0.2) is 49.3 Å². The fraction of sp³-hybridized carbons (Fsp3) is 0.259. The second-order valence-corrected chi connectivity index (χ2v) is 10.8. The summed E-state index contributed by atoms with van der Waals surface area (Å²) in [5.41, 5.74) is 3.16. The van der Waals surface area contributed by atoms with Crippen molar-refractivity contribution in [2.24, 2.45) is 0 Å². The van der Waals surface area contributed by atoms with Gasteiger partial charge >= 0.3 is 0 Å². The molecule has 1 N–H and O–H groups in total. The molecule has 2 amide bonds. The maximum Gasteiger partial charge on any atom is 0.247 e. The van der Waals surface area contributed by atoms with Gasteiger partial charge in [0.2, 0.25) is 21.8 Å². The van der Waals surface area contributed by atoms with Crippen LogP contribution in [0.2, 0.25) is 0 Å². The molecule has 0 aliphatic rings. The van der Waals surface area contributed by atoms with E-state index in [1.54, 1.807) is 30.3 Å². The minimum Gasteiger partial charge on any atom is -0.350 e. The molecule has 9 heteroatoms. The van der Waals surface area contributed by atoms with E-state index in [2.05, 4.69) is 5.32 Å². The summed E-state index contributed by atoms with van der Waals surface area (Å²) in [6.07, 6.45) is 1.01. The molecule has 0 fully saturated rings. The first-order valence-corrected chi connectivity index (χ1v) is 13.2. The van der Waals surface area contributed by atoms with E-state index in [-0.39, 0.29) is 13.1 Å². The monoisotopic (exact) mass is 511 g/mol. The largest absolute Gasteiger partial charge is 0.350 e. The van der Waals surface area contributed by atoms with Gasteiger partial charge in [0, 0.05) is 20.1 Å². The van der Waals surface area contributed by atoms with Crippen LogP contribution >= 0.6 is 0 Å². The third kappa shape index (κ3) is 7.47. The van der Waals surface area contributed by atoms with Crippen LogP contribution in [0.15, 0.2) is 78.9 Å². The summed E-state index contributed by atoms with van der Waals surface area (Å²) in [7, 11) is -2.33. The highest BCUT2D eigenvalue weighted by Crippen LogP contribution is 2.25. The number of aryl methyl sites for hydroxylation is 1. The van der Waals surface area contributed by atoms with E-state index >= 15 is 0 Å². The van der Waals surface area contributed by atoms with Crippen molar-refractivity contribution in [3.05, 3.63) is 107 Å². The summed E-state index contributed by atoms with van der Waals surface area (Å²) in [6.45, 7) is 1.76. The number of rotatable bonds is 10. The standard InChI is InChI=1S/C27H30FN3O4S/c1-20-9-11-21(12-10-20)17-29-27(33)26(23-7-5-4-6-8-23)31(18-22-13-15-24(28)16-14-22)25(32)19-30(2)36(3,34)35/h4-16,26H,17-19H2,1-3H3,(H,29,33)/t26-/m1/s1. The van der Waals surface area contributed by atoms with Crippen LogP contribution in [0.4, 0.5) is 4.39 Å². The lowest BCUT2D eigenvalue weighted by Crippen LogP contribution is -2.47. The van der Waals surface area contributed by atoms with Crippen LogP contribution in [0.1, 0.15) is 28.3 Å². The number of hydrogen-bond donors (Lipinski definition) is 1. The van der Waals surface area contributed by atoms with E-state index in [4.69, 9.17) is 0 Å². The quantitative estimate of drug-likeness (QED) is 0.452. The van der Waals surface area contributed by atoms with E-state index < -0.39 is 40.2 Å². The molecule has 0 spiro atoms. The molecule has 36 heavy (non-hydrogen) atoms. The molecule has 0 saturated carbocycles. The molecule has 0 aliphatic carbocycles. The third-order valence-corrected chi connectivity index (χ3v) is 7.03. The van der Waals surface area contributed by atoms with Gasteiger partial charge in [-0.3, -0.25) is 9.59 Å². The number of hydrogen-bond acceptors (Lipinski definition) is 4. The highest BCUT2D eigenvalue weighted by molar-refractivity contribution is 7.88. The second kappa shape index (κ2) is 11.9. The maximum absolute atomic E-state index is 13.6.